The van der Waals surface area contributed by atoms with E-state index < -0.39 is 0 Å². The summed E-state index contributed by atoms with van der Waals surface area (Å²) in [5.74, 6) is -0.110. The fraction of sp³-hybridized carbons (Fsp3) is 0.0500. The Morgan fingerprint density at radius 1 is 0.875 bits per heavy atom. The lowest BCUT2D eigenvalue weighted by molar-refractivity contribution is 0.102. The zero-order valence-electron chi connectivity index (χ0n) is 12.9. The van der Waals surface area contributed by atoms with Gasteiger partial charge in [0.2, 0.25) is 0 Å². The first-order chi connectivity index (χ1) is 11.7. The monoisotopic (exact) mass is 321 g/mol. The molecule has 0 aromatic heterocycles. The van der Waals surface area contributed by atoms with E-state index in [9.17, 15) is 9.18 Å². The lowest BCUT2D eigenvalue weighted by atomic mass is 10.2. The molecule has 1 amide bonds. The number of amides is 1. The fourth-order valence-electron chi connectivity index (χ4n) is 2.23. The van der Waals surface area contributed by atoms with Gasteiger partial charge in [0, 0.05) is 5.56 Å². The molecule has 4 heteroatoms. The van der Waals surface area contributed by atoms with Crippen LogP contribution in [0.1, 0.15) is 15.9 Å². The molecule has 0 aliphatic heterocycles. The van der Waals surface area contributed by atoms with Gasteiger partial charge in [0.15, 0.2) is 0 Å². The van der Waals surface area contributed by atoms with Crippen molar-refractivity contribution in [1.82, 2.24) is 0 Å². The van der Waals surface area contributed by atoms with Crippen molar-refractivity contribution in [3.05, 3.63) is 95.8 Å². The van der Waals surface area contributed by atoms with Crippen LogP contribution in [0.25, 0.3) is 0 Å². The lowest BCUT2D eigenvalue weighted by Crippen LogP contribution is -2.12. The number of ether oxygens (including phenoxy) is 1. The normalized spacial score (nSPS) is 10.2. The van der Waals surface area contributed by atoms with Crippen molar-refractivity contribution < 1.29 is 13.9 Å². The Labute approximate surface area is 139 Å². The average Bonchev–Trinajstić information content (AvgIpc) is 2.62. The molecule has 0 saturated heterocycles. The summed E-state index contributed by atoms with van der Waals surface area (Å²) in [5.41, 5.74) is 1.99. The second kappa shape index (κ2) is 7.42. The van der Waals surface area contributed by atoms with Crippen LogP contribution in [0, 0.1) is 5.82 Å². The largest absolute Gasteiger partial charge is 0.487 e. The molecule has 0 saturated carbocycles. The number of benzene rings is 3. The van der Waals surface area contributed by atoms with Crippen LogP contribution >= 0.6 is 0 Å². The van der Waals surface area contributed by atoms with Crippen LogP contribution in [0.2, 0.25) is 0 Å². The first-order valence-electron chi connectivity index (χ1n) is 7.55. The molecule has 1 N–H and O–H groups in total. The molecule has 0 bridgehead atoms. The van der Waals surface area contributed by atoms with E-state index in [0.717, 1.165) is 5.56 Å². The minimum absolute atomic E-state index is 0.314. The summed E-state index contributed by atoms with van der Waals surface area (Å²) in [5, 5.41) is 2.80. The van der Waals surface area contributed by atoms with Crippen LogP contribution < -0.4 is 10.1 Å². The second-order valence-electron chi connectivity index (χ2n) is 5.23. The Balaban J connectivity index is 1.71. The molecule has 0 aliphatic carbocycles. The minimum atomic E-state index is -0.377. The minimum Gasteiger partial charge on any atom is -0.487 e. The van der Waals surface area contributed by atoms with Gasteiger partial charge in [-0.25, -0.2) is 4.39 Å². The zero-order valence-corrected chi connectivity index (χ0v) is 12.9. The van der Waals surface area contributed by atoms with E-state index in [-0.39, 0.29) is 11.7 Å². The van der Waals surface area contributed by atoms with E-state index in [0.29, 0.717) is 23.6 Å². The van der Waals surface area contributed by atoms with E-state index in [1.165, 1.54) is 24.3 Å². The summed E-state index contributed by atoms with van der Waals surface area (Å²) >= 11 is 0. The van der Waals surface area contributed by atoms with Gasteiger partial charge in [-0.2, -0.15) is 0 Å². The lowest BCUT2D eigenvalue weighted by Gasteiger charge is -2.12. The molecule has 3 nitrogen and oxygen atoms in total. The fourth-order valence-corrected chi connectivity index (χ4v) is 2.23. The van der Waals surface area contributed by atoms with Crippen molar-refractivity contribution in [2.24, 2.45) is 0 Å². The van der Waals surface area contributed by atoms with Gasteiger partial charge in [-0.15, -0.1) is 0 Å². The molecule has 0 spiro atoms. The van der Waals surface area contributed by atoms with Crippen LogP contribution in [0.3, 0.4) is 0 Å². The highest BCUT2D eigenvalue weighted by Crippen LogP contribution is 2.25. The Morgan fingerprint density at radius 3 is 2.29 bits per heavy atom. The van der Waals surface area contributed by atoms with Gasteiger partial charge in [-0.1, -0.05) is 42.5 Å². The third-order valence-corrected chi connectivity index (χ3v) is 3.48. The number of carbonyl (C=O) groups is 1. The van der Waals surface area contributed by atoms with Crippen molar-refractivity contribution in [3.8, 4) is 5.75 Å². The molecule has 3 rings (SSSR count). The van der Waals surface area contributed by atoms with Crippen LogP contribution in [-0.4, -0.2) is 5.91 Å². The molecule has 0 fully saturated rings. The predicted octanol–water partition coefficient (Wildman–Crippen LogP) is 4.66. The molecule has 0 aliphatic rings. The summed E-state index contributed by atoms with van der Waals surface area (Å²) in [6, 6.07) is 22.4. The molecule has 24 heavy (non-hydrogen) atoms. The average molecular weight is 321 g/mol. The van der Waals surface area contributed by atoms with Gasteiger partial charge < -0.3 is 10.1 Å². The third-order valence-electron chi connectivity index (χ3n) is 3.48. The van der Waals surface area contributed by atoms with Gasteiger partial charge in [0.1, 0.15) is 18.2 Å². The SMILES string of the molecule is O=C(Nc1ccccc1OCc1ccccc1)c1ccc(F)cc1. The summed E-state index contributed by atoms with van der Waals surface area (Å²) in [6.45, 7) is 0.407. The van der Waals surface area contributed by atoms with Gasteiger partial charge in [-0.3, -0.25) is 4.79 Å². The number of halogens is 1. The number of carbonyl (C=O) groups excluding carboxylic acids is 1. The number of hydrogen-bond acceptors (Lipinski definition) is 2. The third kappa shape index (κ3) is 3.98. The number of anilines is 1. The molecule has 0 heterocycles. The van der Waals surface area contributed by atoms with E-state index in [1.807, 2.05) is 42.5 Å². The highest BCUT2D eigenvalue weighted by molar-refractivity contribution is 6.04. The van der Waals surface area contributed by atoms with E-state index in [1.54, 1.807) is 12.1 Å². The van der Waals surface area contributed by atoms with Crippen LogP contribution in [0.4, 0.5) is 10.1 Å². The first kappa shape index (κ1) is 15.7. The maximum absolute atomic E-state index is 13.0. The summed E-state index contributed by atoms with van der Waals surface area (Å²) in [6.07, 6.45) is 0. The van der Waals surface area contributed by atoms with Crippen molar-refractivity contribution in [1.29, 1.82) is 0 Å². The van der Waals surface area contributed by atoms with Crippen LogP contribution in [0.5, 0.6) is 5.75 Å². The molecule has 0 radical (unpaired) electrons. The topological polar surface area (TPSA) is 38.3 Å². The maximum atomic E-state index is 13.0. The zero-order chi connectivity index (χ0) is 16.8. The quantitative estimate of drug-likeness (QED) is 0.742. The van der Waals surface area contributed by atoms with Gasteiger partial charge in [0.25, 0.3) is 5.91 Å². The summed E-state index contributed by atoms with van der Waals surface area (Å²) < 4.78 is 18.8. The number of hydrogen-bond donors (Lipinski definition) is 1. The smallest absolute Gasteiger partial charge is 0.255 e. The van der Waals surface area contributed by atoms with E-state index in [2.05, 4.69) is 5.32 Å². The van der Waals surface area contributed by atoms with Gasteiger partial charge in [-0.05, 0) is 42.0 Å². The van der Waals surface area contributed by atoms with Gasteiger partial charge in [0.05, 0.1) is 5.69 Å². The highest BCUT2D eigenvalue weighted by atomic mass is 19.1. The number of rotatable bonds is 5. The van der Waals surface area contributed by atoms with Crippen molar-refractivity contribution in [2.75, 3.05) is 5.32 Å². The molecule has 0 unspecified atom stereocenters. The van der Waals surface area contributed by atoms with E-state index >= 15 is 0 Å². The van der Waals surface area contributed by atoms with Crippen molar-refractivity contribution in [3.63, 3.8) is 0 Å². The van der Waals surface area contributed by atoms with Crippen LogP contribution in [-0.2, 0) is 6.61 Å². The van der Waals surface area contributed by atoms with Gasteiger partial charge >= 0.3 is 0 Å². The summed E-state index contributed by atoms with van der Waals surface area (Å²) in [4.78, 5) is 12.3. The van der Waals surface area contributed by atoms with Crippen molar-refractivity contribution in [2.45, 2.75) is 6.61 Å². The first-order valence-corrected chi connectivity index (χ1v) is 7.55. The molecule has 3 aromatic carbocycles. The highest BCUT2D eigenvalue weighted by Gasteiger charge is 2.10. The van der Waals surface area contributed by atoms with E-state index in [4.69, 9.17) is 4.74 Å². The Bertz CT molecular complexity index is 817. The van der Waals surface area contributed by atoms with Crippen molar-refractivity contribution >= 4 is 11.6 Å². The molecule has 0 atom stereocenters. The standard InChI is InChI=1S/C20H16FNO2/c21-17-12-10-16(11-13-17)20(23)22-18-8-4-5-9-19(18)24-14-15-6-2-1-3-7-15/h1-13H,14H2,(H,22,23). The summed E-state index contributed by atoms with van der Waals surface area (Å²) in [7, 11) is 0. The second-order valence-corrected chi connectivity index (χ2v) is 5.23. The number of para-hydroxylation sites is 2. The van der Waals surface area contributed by atoms with Crippen LogP contribution in [0.15, 0.2) is 78.9 Å². The number of nitrogens with one attached hydrogen (secondary N) is 1. The molecule has 3 aromatic rings. The predicted molar refractivity (Wildman–Crippen MR) is 91.6 cm³/mol. The maximum Gasteiger partial charge on any atom is 0.255 e. The Hall–Kier alpha value is -3.14. The molecular formula is C20H16FNO2. The Morgan fingerprint density at radius 2 is 1.54 bits per heavy atom. The molecular weight excluding hydrogens is 305 g/mol. The Kier molecular flexibility index (Phi) is 4.87. The molecule has 120 valence electrons.